The lowest BCUT2D eigenvalue weighted by molar-refractivity contribution is -0.492. The zero-order valence-corrected chi connectivity index (χ0v) is 24.8. The average Bonchev–Trinajstić information content (AvgIpc) is 3.29. The van der Waals surface area contributed by atoms with E-state index in [-0.39, 0.29) is 42.5 Å². The number of hydrogen-bond donors (Lipinski definition) is 4. The Labute approximate surface area is 250 Å². The van der Waals surface area contributed by atoms with Crippen LogP contribution in [0.15, 0.2) is 23.8 Å². The second-order valence-corrected chi connectivity index (χ2v) is 12.6. The zero-order valence-electron chi connectivity index (χ0n) is 24.8. The third kappa shape index (κ3) is 6.70. The molecule has 0 bridgehead atoms. The lowest BCUT2D eigenvalue weighted by Gasteiger charge is -2.62. The van der Waals surface area contributed by atoms with Gasteiger partial charge in [0.25, 0.3) is 0 Å². The molecule has 4 aliphatic rings. The minimum Gasteiger partial charge on any atom is -0.456 e. The summed E-state index contributed by atoms with van der Waals surface area (Å²) in [5.41, 5.74) is -3.00. The topological polar surface area (TPSA) is 172 Å². The van der Waals surface area contributed by atoms with E-state index in [0.29, 0.717) is 44.1 Å². The number of rotatable bonds is 13. The van der Waals surface area contributed by atoms with Crippen LogP contribution in [0, 0.1) is 28.6 Å². The third-order valence-corrected chi connectivity index (χ3v) is 10.3. The average molecular weight is 611 g/mol. The number of carbonyl (C=O) groups excluding carboxylic acids is 4. The van der Waals surface area contributed by atoms with E-state index in [1.165, 1.54) is 12.2 Å². The first-order chi connectivity index (χ1) is 20.3. The third-order valence-electron chi connectivity index (χ3n) is 10.3. The van der Waals surface area contributed by atoms with Crippen LogP contribution < -0.4 is 5.32 Å². The van der Waals surface area contributed by atoms with Crippen LogP contribution in [0.1, 0.15) is 71.6 Å². The molecule has 4 rings (SSSR count). The molecule has 43 heavy (non-hydrogen) atoms. The fourth-order valence-electron chi connectivity index (χ4n) is 8.10. The van der Waals surface area contributed by atoms with Gasteiger partial charge >= 0.3 is 12.1 Å². The van der Waals surface area contributed by atoms with E-state index in [9.17, 15) is 24.3 Å². The molecule has 0 saturated heterocycles. The summed E-state index contributed by atoms with van der Waals surface area (Å²) in [5.74, 6) is -2.39. The summed E-state index contributed by atoms with van der Waals surface area (Å²) in [6.45, 7) is 3.00. The fraction of sp³-hybridized carbons (Fsp3) is 0.733. The van der Waals surface area contributed by atoms with Crippen LogP contribution in [0.2, 0.25) is 0 Å². The highest BCUT2D eigenvalue weighted by molar-refractivity contribution is 6.01. The maximum absolute atomic E-state index is 17.1. The fourth-order valence-corrected chi connectivity index (χ4v) is 8.10. The van der Waals surface area contributed by atoms with Gasteiger partial charge in [0, 0.05) is 17.3 Å². The Morgan fingerprint density at radius 1 is 1.05 bits per heavy atom. The summed E-state index contributed by atoms with van der Waals surface area (Å²) in [7, 11) is 0. The highest BCUT2D eigenvalue weighted by atomic mass is 19.1. The Bertz CT molecular complexity index is 1140. The molecule has 0 aliphatic heterocycles. The molecule has 0 spiro atoms. The number of aliphatic hydroxyl groups excluding tert-OH is 1. The maximum atomic E-state index is 17.1. The number of halogens is 1. The molecule has 0 radical (unpaired) electrons. The highest BCUT2D eigenvalue weighted by Crippen LogP contribution is 2.68. The minimum atomic E-state index is -1.96. The SMILES string of the molecule is C[C@]12C[C@H](O)C3(F)[C@@H](CCC4=CC(=O)C=C[C@@]43C)C1CCC2C(=O)COC(=O)CNC(=O)OCCCCCCON(O)O. The standard InChI is InChI=1S/C30H43FN2O10/c1-28-16-25(36)30(31)22(8-7-19-15-20(34)11-12-29(19,30)2)21(28)9-10-23(28)24(35)18-42-26(37)17-32-27(38)41-13-5-3-4-6-14-43-33(39)40/h11-12,15,21-23,25,36,39-40H,3-10,13-14,16-18H2,1-2H3,(H,32,38)/t21?,22-,23?,25-,28-,29-,30?/m0/s1. The van der Waals surface area contributed by atoms with E-state index in [0.717, 1.165) is 12.8 Å². The highest BCUT2D eigenvalue weighted by Gasteiger charge is 2.70. The van der Waals surface area contributed by atoms with Crippen molar-refractivity contribution in [1.82, 2.24) is 10.7 Å². The van der Waals surface area contributed by atoms with E-state index >= 15 is 4.39 Å². The van der Waals surface area contributed by atoms with Gasteiger partial charge in [-0.2, -0.15) is 0 Å². The van der Waals surface area contributed by atoms with E-state index in [2.05, 4.69) is 10.2 Å². The number of aliphatic hydroxyl groups is 1. The number of hydrogen-bond acceptors (Lipinski definition) is 11. The Balaban J connectivity index is 1.22. The van der Waals surface area contributed by atoms with Gasteiger partial charge in [0.1, 0.15) is 13.2 Å². The lowest BCUT2D eigenvalue weighted by atomic mass is 9.45. The van der Waals surface area contributed by atoms with Crippen LogP contribution in [0.3, 0.4) is 0 Å². The van der Waals surface area contributed by atoms with E-state index < -0.39 is 59.7 Å². The number of allylic oxidation sites excluding steroid dienone is 4. The number of alkyl carbamates (subject to hydrolysis) is 1. The van der Waals surface area contributed by atoms with Gasteiger partial charge in [0.2, 0.25) is 0 Å². The van der Waals surface area contributed by atoms with Crippen molar-refractivity contribution in [2.24, 2.45) is 28.6 Å². The summed E-state index contributed by atoms with van der Waals surface area (Å²) < 4.78 is 27.3. The number of Topliss-reactive ketones (excluding diaryl/α,β-unsaturated/α-hetero) is 1. The number of ketones is 2. The van der Waals surface area contributed by atoms with E-state index in [1.54, 1.807) is 13.0 Å². The van der Waals surface area contributed by atoms with Crippen LogP contribution in [0.5, 0.6) is 0 Å². The Morgan fingerprint density at radius 3 is 2.49 bits per heavy atom. The summed E-state index contributed by atoms with van der Waals surface area (Å²) in [6, 6.07) is 0. The molecule has 1 amide bonds. The van der Waals surface area contributed by atoms with E-state index in [1.807, 2.05) is 6.92 Å². The number of amides is 1. The number of esters is 1. The Hall–Kier alpha value is -2.71. The van der Waals surface area contributed by atoms with Gasteiger partial charge in [-0.1, -0.05) is 25.0 Å². The van der Waals surface area contributed by atoms with Crippen LogP contribution in [0.4, 0.5) is 9.18 Å². The van der Waals surface area contributed by atoms with Crippen molar-refractivity contribution < 1.29 is 53.4 Å². The van der Waals surface area contributed by atoms with Crippen molar-refractivity contribution in [1.29, 1.82) is 0 Å². The molecular weight excluding hydrogens is 567 g/mol. The number of fused-ring (bicyclic) bond motifs is 5. The number of unbranched alkanes of at least 4 members (excludes halogenated alkanes) is 3. The molecular formula is C30H43FN2O10. The molecule has 0 heterocycles. The Morgan fingerprint density at radius 2 is 1.77 bits per heavy atom. The number of ether oxygens (including phenoxy) is 2. The van der Waals surface area contributed by atoms with Gasteiger partial charge in [-0.15, -0.1) is 0 Å². The molecule has 3 unspecified atom stereocenters. The maximum Gasteiger partial charge on any atom is 0.407 e. The molecule has 3 saturated carbocycles. The van der Waals surface area contributed by atoms with Crippen molar-refractivity contribution >= 4 is 23.6 Å². The summed E-state index contributed by atoms with van der Waals surface area (Å²) >= 11 is 0. The quantitative estimate of drug-likeness (QED) is 0.137. The molecule has 4 aliphatic carbocycles. The zero-order chi connectivity index (χ0) is 31.4. The van der Waals surface area contributed by atoms with Crippen LogP contribution in [-0.2, 0) is 28.7 Å². The molecule has 0 aromatic rings. The first-order valence-electron chi connectivity index (χ1n) is 15.0. The van der Waals surface area contributed by atoms with Gasteiger partial charge in [0.15, 0.2) is 17.2 Å². The predicted octanol–water partition coefficient (Wildman–Crippen LogP) is 3.38. The molecule has 13 heteroatoms. The van der Waals surface area contributed by atoms with Crippen LogP contribution >= 0.6 is 0 Å². The van der Waals surface area contributed by atoms with Crippen molar-refractivity contribution in [2.45, 2.75) is 83.4 Å². The van der Waals surface area contributed by atoms with Gasteiger partial charge in [-0.05, 0) is 81.8 Å². The van der Waals surface area contributed by atoms with Gasteiger partial charge < -0.3 is 19.9 Å². The van der Waals surface area contributed by atoms with Crippen molar-refractivity contribution in [3.63, 3.8) is 0 Å². The predicted molar refractivity (Wildman–Crippen MR) is 147 cm³/mol. The van der Waals surface area contributed by atoms with Gasteiger partial charge in [-0.25, -0.2) is 9.18 Å². The molecule has 12 nitrogen and oxygen atoms in total. The number of carbonyl (C=O) groups is 4. The molecule has 0 aromatic heterocycles. The van der Waals surface area contributed by atoms with Gasteiger partial charge in [-0.3, -0.25) is 29.6 Å². The summed E-state index contributed by atoms with van der Waals surface area (Å²) in [5, 5.41) is 30.1. The molecule has 0 aromatic carbocycles. The normalized spacial score (nSPS) is 34.6. The van der Waals surface area contributed by atoms with Crippen molar-refractivity contribution in [3.05, 3.63) is 23.8 Å². The molecule has 4 N–H and O–H groups in total. The second-order valence-electron chi connectivity index (χ2n) is 12.6. The minimum absolute atomic E-state index is 0.0881. The monoisotopic (exact) mass is 610 g/mol. The van der Waals surface area contributed by atoms with Crippen molar-refractivity contribution in [2.75, 3.05) is 26.4 Å². The smallest absolute Gasteiger partial charge is 0.407 e. The van der Waals surface area contributed by atoms with E-state index in [4.69, 9.17) is 19.9 Å². The number of alkyl halides is 1. The molecule has 3 fully saturated rings. The summed E-state index contributed by atoms with van der Waals surface area (Å²) in [4.78, 5) is 53.7. The lowest BCUT2D eigenvalue weighted by Crippen LogP contribution is -2.66. The Kier molecular flexibility index (Phi) is 10.4. The first-order valence-corrected chi connectivity index (χ1v) is 15.0. The second kappa shape index (κ2) is 13.5. The number of nitrogens with one attached hydrogen (secondary N) is 1. The molecule has 240 valence electrons. The first kappa shape index (κ1) is 33.2. The van der Waals surface area contributed by atoms with Crippen LogP contribution in [0.25, 0.3) is 0 Å². The van der Waals surface area contributed by atoms with Crippen LogP contribution in [-0.4, -0.2) is 82.7 Å². The van der Waals surface area contributed by atoms with Crippen molar-refractivity contribution in [3.8, 4) is 0 Å². The summed E-state index contributed by atoms with van der Waals surface area (Å²) in [6.07, 6.45) is 7.21. The largest absolute Gasteiger partial charge is 0.456 e. The van der Waals surface area contributed by atoms with Gasteiger partial charge in [0.05, 0.1) is 24.7 Å². The number of nitrogens with zero attached hydrogens (tertiary/aromatic N) is 1. The molecule has 7 atom stereocenters.